The molecule has 3 aromatic rings. The van der Waals surface area contributed by atoms with Crippen molar-refractivity contribution in [3.63, 3.8) is 0 Å². The number of hydrogen-bond acceptors (Lipinski definition) is 6. The number of nitrogens with zero attached hydrogens (tertiary/aromatic N) is 5. The number of anilines is 4. The van der Waals surface area contributed by atoms with Crippen molar-refractivity contribution in [2.24, 2.45) is 0 Å². The molecule has 0 unspecified atom stereocenters. The molecule has 0 bridgehead atoms. The topological polar surface area (TPSA) is 88.6 Å². The second-order valence-corrected chi connectivity index (χ2v) is 6.12. The zero-order valence-corrected chi connectivity index (χ0v) is 15.6. The van der Waals surface area contributed by atoms with Gasteiger partial charge in [-0.05, 0) is 66.6 Å². The summed E-state index contributed by atoms with van der Waals surface area (Å²) in [6.45, 7) is 2.02. The van der Waals surface area contributed by atoms with Gasteiger partial charge in [0.1, 0.15) is 5.82 Å². The monoisotopic (exact) mass is 366 g/mol. The minimum atomic E-state index is 0.472. The summed E-state index contributed by atoms with van der Waals surface area (Å²) < 4.78 is 0. The van der Waals surface area contributed by atoms with Gasteiger partial charge in [0, 0.05) is 30.7 Å². The molecule has 2 aromatic carbocycles. The Hall–Kier alpha value is -4.16. The minimum absolute atomic E-state index is 0.472. The van der Waals surface area contributed by atoms with Crippen molar-refractivity contribution in [2.75, 3.05) is 17.3 Å². The van der Waals surface area contributed by atoms with Crippen LogP contribution in [0.4, 0.5) is 23.1 Å². The molecular formula is C22H18N6. The second-order valence-electron chi connectivity index (χ2n) is 6.12. The Kier molecular flexibility index (Phi) is 5.64. The molecule has 0 radical (unpaired) electrons. The van der Waals surface area contributed by atoms with Gasteiger partial charge in [-0.1, -0.05) is 6.07 Å². The molecule has 0 saturated heterocycles. The van der Waals surface area contributed by atoms with Crippen molar-refractivity contribution >= 4 is 29.2 Å². The van der Waals surface area contributed by atoms with Crippen LogP contribution in [0.15, 0.2) is 60.8 Å². The number of rotatable bonds is 5. The highest BCUT2D eigenvalue weighted by Crippen LogP contribution is 2.27. The largest absolute Gasteiger partial charge is 0.329 e. The summed E-state index contributed by atoms with van der Waals surface area (Å²) in [6.07, 6.45) is 4.94. The Labute approximate surface area is 164 Å². The molecule has 1 heterocycles. The Bertz CT molecular complexity index is 1090. The maximum atomic E-state index is 8.89. The zero-order chi connectivity index (χ0) is 19.9. The Morgan fingerprint density at radius 3 is 2.54 bits per heavy atom. The molecular weight excluding hydrogens is 348 g/mol. The Balaban J connectivity index is 1.82. The maximum Gasteiger partial charge on any atom is 0.229 e. The van der Waals surface area contributed by atoms with Crippen LogP contribution in [0.3, 0.4) is 0 Å². The lowest BCUT2D eigenvalue weighted by Crippen LogP contribution is -2.13. The lowest BCUT2D eigenvalue weighted by molar-refractivity contribution is 1.08. The number of aromatic nitrogens is 2. The van der Waals surface area contributed by atoms with E-state index in [0.29, 0.717) is 11.5 Å². The molecule has 1 aromatic heterocycles. The quantitative estimate of drug-likeness (QED) is 0.658. The highest BCUT2D eigenvalue weighted by molar-refractivity contribution is 5.67. The molecule has 0 saturated carbocycles. The van der Waals surface area contributed by atoms with E-state index >= 15 is 0 Å². The van der Waals surface area contributed by atoms with E-state index in [-0.39, 0.29) is 0 Å². The van der Waals surface area contributed by atoms with Crippen LogP contribution >= 0.6 is 0 Å². The smallest absolute Gasteiger partial charge is 0.229 e. The number of nitriles is 2. The molecule has 1 N–H and O–H groups in total. The average Bonchev–Trinajstić information content (AvgIpc) is 2.72. The van der Waals surface area contributed by atoms with E-state index in [1.807, 2.05) is 61.3 Å². The number of nitrogens with one attached hydrogen (secondary N) is 1. The van der Waals surface area contributed by atoms with Crippen LogP contribution in [0, 0.1) is 29.6 Å². The van der Waals surface area contributed by atoms with Crippen molar-refractivity contribution in [3.05, 3.63) is 77.5 Å². The number of allylic oxidation sites excluding steroid dienone is 1. The van der Waals surface area contributed by atoms with Crippen LogP contribution < -0.4 is 10.2 Å². The molecule has 0 aliphatic rings. The summed E-state index contributed by atoms with van der Waals surface area (Å²) in [5, 5.41) is 20.7. The highest BCUT2D eigenvalue weighted by Gasteiger charge is 2.10. The first-order chi connectivity index (χ1) is 13.6. The normalized spacial score (nSPS) is 10.3. The molecule has 0 amide bonds. The van der Waals surface area contributed by atoms with Crippen molar-refractivity contribution in [1.82, 2.24) is 9.97 Å². The summed E-state index contributed by atoms with van der Waals surface area (Å²) in [6, 6.07) is 19.0. The van der Waals surface area contributed by atoms with Crippen LogP contribution in [0.25, 0.3) is 6.08 Å². The van der Waals surface area contributed by atoms with E-state index in [1.54, 1.807) is 24.4 Å². The molecule has 0 spiro atoms. The first-order valence-electron chi connectivity index (χ1n) is 8.61. The molecule has 0 atom stereocenters. The van der Waals surface area contributed by atoms with Gasteiger partial charge in [-0.25, -0.2) is 4.98 Å². The predicted octanol–water partition coefficient (Wildman–Crippen LogP) is 4.70. The van der Waals surface area contributed by atoms with E-state index in [4.69, 9.17) is 10.5 Å². The van der Waals surface area contributed by atoms with Crippen LogP contribution in [0.2, 0.25) is 0 Å². The zero-order valence-electron chi connectivity index (χ0n) is 15.6. The number of hydrogen-bond donors (Lipinski definition) is 1. The van der Waals surface area contributed by atoms with Crippen LogP contribution in [-0.2, 0) is 0 Å². The number of aryl methyl sites for hydroxylation is 1. The van der Waals surface area contributed by atoms with Crippen molar-refractivity contribution in [2.45, 2.75) is 6.92 Å². The van der Waals surface area contributed by atoms with Gasteiger partial charge in [0.25, 0.3) is 0 Å². The van der Waals surface area contributed by atoms with E-state index in [9.17, 15) is 0 Å². The van der Waals surface area contributed by atoms with E-state index in [0.717, 1.165) is 28.3 Å². The average molecular weight is 366 g/mol. The van der Waals surface area contributed by atoms with Gasteiger partial charge in [-0.2, -0.15) is 15.5 Å². The van der Waals surface area contributed by atoms with Gasteiger partial charge >= 0.3 is 0 Å². The SMILES string of the molecule is Cc1cc(/C=C/C#N)ccc1N(C)c1ccnc(Nc2ccc(C#N)cc2)n1. The third-order valence-electron chi connectivity index (χ3n) is 4.19. The second kappa shape index (κ2) is 8.48. The van der Waals surface area contributed by atoms with Crippen molar-refractivity contribution in [3.8, 4) is 12.1 Å². The third kappa shape index (κ3) is 4.32. The molecule has 28 heavy (non-hydrogen) atoms. The van der Waals surface area contributed by atoms with Crippen LogP contribution in [0.1, 0.15) is 16.7 Å². The summed E-state index contributed by atoms with van der Waals surface area (Å²) in [7, 11) is 1.95. The summed E-state index contributed by atoms with van der Waals surface area (Å²) in [5.41, 5.74) is 4.47. The van der Waals surface area contributed by atoms with Gasteiger partial charge in [-0.3, -0.25) is 0 Å². The Morgan fingerprint density at radius 1 is 1.07 bits per heavy atom. The fraction of sp³-hybridized carbons (Fsp3) is 0.0909. The van der Waals surface area contributed by atoms with Crippen molar-refractivity contribution < 1.29 is 0 Å². The third-order valence-corrected chi connectivity index (χ3v) is 4.19. The molecule has 0 aliphatic carbocycles. The maximum absolute atomic E-state index is 8.89. The highest BCUT2D eigenvalue weighted by atomic mass is 15.2. The van der Waals surface area contributed by atoms with E-state index < -0.39 is 0 Å². The van der Waals surface area contributed by atoms with Gasteiger partial charge in [-0.15, -0.1) is 0 Å². The summed E-state index contributed by atoms with van der Waals surface area (Å²) in [4.78, 5) is 10.8. The molecule has 3 rings (SSSR count). The summed E-state index contributed by atoms with van der Waals surface area (Å²) in [5.74, 6) is 1.22. The lowest BCUT2D eigenvalue weighted by atomic mass is 10.1. The predicted molar refractivity (Wildman–Crippen MR) is 110 cm³/mol. The number of benzene rings is 2. The molecule has 0 aliphatic heterocycles. The van der Waals surface area contributed by atoms with Gasteiger partial charge in [0.15, 0.2) is 0 Å². The Morgan fingerprint density at radius 2 is 1.86 bits per heavy atom. The van der Waals surface area contributed by atoms with E-state index in [2.05, 4.69) is 21.4 Å². The molecule has 0 fully saturated rings. The van der Waals surface area contributed by atoms with Crippen LogP contribution in [0.5, 0.6) is 0 Å². The fourth-order valence-electron chi connectivity index (χ4n) is 2.77. The van der Waals surface area contributed by atoms with Crippen LogP contribution in [-0.4, -0.2) is 17.0 Å². The standard InChI is InChI=1S/C22H18N6/c1-16-14-17(4-3-12-23)7-10-20(16)28(2)21-11-13-25-22(27-21)26-19-8-5-18(15-24)6-9-19/h3-11,13-14H,1-2H3,(H,25,26,27)/b4-3+. The van der Waals surface area contributed by atoms with Crippen molar-refractivity contribution in [1.29, 1.82) is 10.5 Å². The van der Waals surface area contributed by atoms with Gasteiger partial charge < -0.3 is 10.2 Å². The summed E-state index contributed by atoms with van der Waals surface area (Å²) >= 11 is 0. The van der Waals surface area contributed by atoms with E-state index in [1.165, 1.54) is 6.08 Å². The molecule has 6 heteroatoms. The fourth-order valence-corrected chi connectivity index (χ4v) is 2.77. The van der Waals surface area contributed by atoms with Gasteiger partial charge in [0.2, 0.25) is 5.95 Å². The lowest BCUT2D eigenvalue weighted by Gasteiger charge is -2.21. The van der Waals surface area contributed by atoms with Gasteiger partial charge in [0.05, 0.1) is 17.7 Å². The molecule has 6 nitrogen and oxygen atoms in total. The molecule has 136 valence electrons. The first kappa shape index (κ1) is 18.6. The minimum Gasteiger partial charge on any atom is -0.329 e. The first-order valence-corrected chi connectivity index (χ1v) is 8.61.